The smallest absolute Gasteiger partial charge is 0.273 e. The molecule has 0 saturated carbocycles. The normalized spacial score (nSPS) is 11.0. The third-order valence-corrected chi connectivity index (χ3v) is 5.11. The van der Waals surface area contributed by atoms with Crippen molar-refractivity contribution in [2.45, 2.75) is 6.92 Å². The Hall–Kier alpha value is -3.32. The lowest BCUT2D eigenvalue weighted by Crippen LogP contribution is -2.12. The highest BCUT2D eigenvalue weighted by Crippen LogP contribution is 2.32. The summed E-state index contributed by atoms with van der Waals surface area (Å²) >= 11 is 1.37. The van der Waals surface area contributed by atoms with Crippen LogP contribution in [0.2, 0.25) is 0 Å². The van der Waals surface area contributed by atoms with Gasteiger partial charge in [-0.15, -0.1) is 0 Å². The van der Waals surface area contributed by atoms with Gasteiger partial charge in [-0.1, -0.05) is 47.7 Å². The van der Waals surface area contributed by atoms with Gasteiger partial charge in [0.2, 0.25) is 0 Å². The minimum atomic E-state index is -0.490. The lowest BCUT2D eigenvalue weighted by molar-refractivity contribution is -0.385. The first-order valence-corrected chi connectivity index (χ1v) is 8.69. The van der Waals surface area contributed by atoms with Gasteiger partial charge in [0.25, 0.3) is 11.6 Å². The summed E-state index contributed by atoms with van der Waals surface area (Å²) in [5, 5.41) is 16.4. The fraction of sp³-hybridized carbons (Fsp3) is 0.0526. The van der Waals surface area contributed by atoms with Crippen molar-refractivity contribution in [1.29, 1.82) is 0 Å². The summed E-state index contributed by atoms with van der Waals surface area (Å²) in [4.78, 5) is 27.6. The maximum Gasteiger partial charge on any atom is 0.273 e. The van der Waals surface area contributed by atoms with E-state index in [9.17, 15) is 14.9 Å². The predicted octanol–water partition coefficient (Wildman–Crippen LogP) is 4.92. The number of hydrogen-bond donors (Lipinski definition) is 1. The van der Waals surface area contributed by atoms with Crippen LogP contribution >= 0.6 is 11.3 Å². The highest BCUT2D eigenvalue weighted by atomic mass is 32.1. The Bertz CT molecular complexity index is 1180. The van der Waals surface area contributed by atoms with Crippen LogP contribution in [0.5, 0.6) is 0 Å². The van der Waals surface area contributed by atoms with E-state index in [4.69, 9.17) is 0 Å². The number of carbonyl (C=O) groups is 1. The number of aryl methyl sites for hydroxylation is 1. The molecular weight excluding hydrogens is 350 g/mol. The van der Waals surface area contributed by atoms with E-state index in [0.717, 1.165) is 21.0 Å². The molecule has 0 unspecified atom stereocenters. The van der Waals surface area contributed by atoms with Crippen LogP contribution < -0.4 is 5.32 Å². The minimum absolute atomic E-state index is 0.0760. The van der Waals surface area contributed by atoms with Crippen molar-refractivity contribution in [3.63, 3.8) is 0 Å². The van der Waals surface area contributed by atoms with Crippen molar-refractivity contribution in [3.05, 3.63) is 75.8 Å². The second-order valence-electron chi connectivity index (χ2n) is 5.86. The van der Waals surface area contributed by atoms with Crippen molar-refractivity contribution in [1.82, 2.24) is 4.98 Å². The molecule has 1 amide bonds. The number of aromatic nitrogens is 1. The Morgan fingerprint density at radius 3 is 2.77 bits per heavy atom. The van der Waals surface area contributed by atoms with Crippen molar-refractivity contribution < 1.29 is 9.72 Å². The number of benzene rings is 3. The summed E-state index contributed by atoms with van der Waals surface area (Å²) in [5.41, 5.74) is 1.50. The summed E-state index contributed by atoms with van der Waals surface area (Å²) in [6.45, 7) is 1.64. The number of nitro benzene ring substituents is 1. The summed E-state index contributed by atoms with van der Waals surface area (Å²) < 4.78 is 0.967. The first-order chi connectivity index (χ1) is 12.5. The van der Waals surface area contributed by atoms with Crippen molar-refractivity contribution >= 4 is 49.1 Å². The number of amides is 1. The molecule has 0 radical (unpaired) electrons. The van der Waals surface area contributed by atoms with Crippen molar-refractivity contribution in [2.24, 2.45) is 0 Å². The molecule has 0 bridgehead atoms. The first-order valence-electron chi connectivity index (χ1n) is 7.87. The van der Waals surface area contributed by atoms with Gasteiger partial charge >= 0.3 is 0 Å². The lowest BCUT2D eigenvalue weighted by Gasteiger charge is -2.03. The maximum absolute atomic E-state index is 12.5. The Balaban J connectivity index is 1.69. The van der Waals surface area contributed by atoms with E-state index >= 15 is 0 Å². The molecule has 4 aromatic rings. The molecule has 26 heavy (non-hydrogen) atoms. The van der Waals surface area contributed by atoms with Gasteiger partial charge in [-0.25, -0.2) is 4.98 Å². The van der Waals surface area contributed by atoms with Crippen LogP contribution in [0.3, 0.4) is 0 Å². The number of thiazole rings is 1. The molecule has 1 heterocycles. The number of anilines is 1. The zero-order valence-corrected chi connectivity index (χ0v) is 14.5. The average molecular weight is 363 g/mol. The van der Waals surface area contributed by atoms with Crippen LogP contribution in [-0.2, 0) is 0 Å². The first kappa shape index (κ1) is 16.2. The Morgan fingerprint density at radius 1 is 1.15 bits per heavy atom. The number of hydrogen-bond acceptors (Lipinski definition) is 5. The summed E-state index contributed by atoms with van der Waals surface area (Å²) in [6, 6.07) is 16.3. The standard InChI is InChI=1S/C19H13N3O3S/c1-11-6-7-13(10-15(11)22(24)25)18(23)21-19-20-17-14-5-3-2-4-12(14)8-9-16(17)26-19/h2-10H,1H3,(H,20,21,23). The second-order valence-corrected chi connectivity index (χ2v) is 6.90. The quantitative estimate of drug-likeness (QED) is 0.413. The third kappa shape index (κ3) is 2.78. The fourth-order valence-corrected chi connectivity index (χ4v) is 3.71. The minimum Gasteiger partial charge on any atom is -0.298 e. The SMILES string of the molecule is Cc1ccc(C(=O)Nc2nc3c(ccc4ccccc43)s2)cc1[N+](=O)[O-]. The number of carbonyl (C=O) groups excluding carboxylic acids is 1. The largest absolute Gasteiger partial charge is 0.298 e. The molecule has 0 aliphatic carbocycles. The number of fused-ring (bicyclic) bond motifs is 3. The van der Waals surface area contributed by atoms with E-state index in [1.54, 1.807) is 19.1 Å². The number of rotatable bonds is 3. The molecule has 1 aromatic heterocycles. The highest BCUT2D eigenvalue weighted by molar-refractivity contribution is 7.22. The van der Waals surface area contributed by atoms with Gasteiger partial charge in [0.15, 0.2) is 5.13 Å². The van der Waals surface area contributed by atoms with Gasteiger partial charge in [-0.05, 0) is 24.4 Å². The number of nitro groups is 1. The van der Waals surface area contributed by atoms with Crippen LogP contribution in [0.15, 0.2) is 54.6 Å². The zero-order chi connectivity index (χ0) is 18.3. The maximum atomic E-state index is 12.5. The van der Waals surface area contributed by atoms with E-state index in [1.165, 1.54) is 17.4 Å². The van der Waals surface area contributed by atoms with Gasteiger partial charge in [-0.2, -0.15) is 0 Å². The molecule has 0 saturated heterocycles. The topological polar surface area (TPSA) is 85.1 Å². The van der Waals surface area contributed by atoms with E-state index in [0.29, 0.717) is 10.7 Å². The highest BCUT2D eigenvalue weighted by Gasteiger charge is 2.16. The van der Waals surface area contributed by atoms with Crippen LogP contribution in [0.25, 0.3) is 21.0 Å². The fourth-order valence-electron chi connectivity index (χ4n) is 2.83. The summed E-state index contributed by atoms with van der Waals surface area (Å²) in [6.07, 6.45) is 0. The molecule has 0 aliphatic rings. The molecule has 6 nitrogen and oxygen atoms in total. The molecule has 7 heteroatoms. The average Bonchev–Trinajstić information content (AvgIpc) is 3.04. The van der Waals surface area contributed by atoms with Crippen molar-refractivity contribution in [3.8, 4) is 0 Å². The monoisotopic (exact) mass is 363 g/mol. The summed E-state index contributed by atoms with van der Waals surface area (Å²) in [5.74, 6) is -0.420. The Kier molecular flexibility index (Phi) is 3.85. The van der Waals surface area contributed by atoms with Gasteiger partial charge in [0.05, 0.1) is 15.1 Å². The molecule has 0 spiro atoms. The van der Waals surface area contributed by atoms with Gasteiger partial charge < -0.3 is 0 Å². The second kappa shape index (κ2) is 6.20. The van der Waals surface area contributed by atoms with E-state index in [2.05, 4.69) is 10.3 Å². The van der Waals surface area contributed by atoms with E-state index < -0.39 is 10.8 Å². The molecule has 4 rings (SSSR count). The van der Waals surface area contributed by atoms with Gasteiger partial charge in [0, 0.05) is 22.6 Å². The molecule has 0 aliphatic heterocycles. The predicted molar refractivity (Wildman–Crippen MR) is 103 cm³/mol. The van der Waals surface area contributed by atoms with Crippen molar-refractivity contribution in [2.75, 3.05) is 5.32 Å². The summed E-state index contributed by atoms with van der Waals surface area (Å²) in [7, 11) is 0. The molecule has 128 valence electrons. The van der Waals surface area contributed by atoms with Crippen LogP contribution in [0.1, 0.15) is 15.9 Å². The third-order valence-electron chi connectivity index (χ3n) is 4.17. The number of nitrogens with one attached hydrogen (secondary N) is 1. The van der Waals surface area contributed by atoms with E-state index in [-0.39, 0.29) is 11.3 Å². The van der Waals surface area contributed by atoms with E-state index in [1.807, 2.05) is 36.4 Å². The molecule has 0 atom stereocenters. The van der Waals surface area contributed by atoms with Crippen LogP contribution in [0, 0.1) is 17.0 Å². The molecule has 1 N–H and O–H groups in total. The zero-order valence-electron chi connectivity index (χ0n) is 13.7. The van der Waals surface area contributed by atoms with Gasteiger partial charge in [-0.3, -0.25) is 20.2 Å². The number of nitrogens with zero attached hydrogens (tertiary/aromatic N) is 2. The van der Waals surface area contributed by atoms with Crippen LogP contribution in [0.4, 0.5) is 10.8 Å². The Morgan fingerprint density at radius 2 is 1.96 bits per heavy atom. The van der Waals surface area contributed by atoms with Gasteiger partial charge in [0.1, 0.15) is 0 Å². The molecule has 3 aromatic carbocycles. The molecule has 0 fully saturated rings. The Labute approximate surface area is 152 Å². The van der Waals surface area contributed by atoms with Crippen LogP contribution in [-0.4, -0.2) is 15.8 Å². The molecular formula is C19H13N3O3S. The lowest BCUT2D eigenvalue weighted by atomic mass is 10.1.